The van der Waals surface area contributed by atoms with Crippen LogP contribution < -0.4 is 5.32 Å². The highest BCUT2D eigenvalue weighted by Crippen LogP contribution is 2.21. The van der Waals surface area contributed by atoms with Gasteiger partial charge >= 0.3 is 0 Å². The molecule has 4 rings (SSSR count). The number of sulfonamides is 2. The van der Waals surface area contributed by atoms with Gasteiger partial charge in [-0.2, -0.15) is 8.61 Å². The van der Waals surface area contributed by atoms with Gasteiger partial charge in [0, 0.05) is 26.2 Å². The van der Waals surface area contributed by atoms with Crippen molar-refractivity contribution in [2.75, 3.05) is 26.2 Å². The molecule has 0 atom stereocenters. The first-order valence-corrected chi connectivity index (χ1v) is 15.1. The number of hydrogen-bond acceptors (Lipinski definition) is 5. The number of hydrogen-bond donors (Lipinski definition) is 1. The van der Waals surface area contributed by atoms with Crippen molar-refractivity contribution < 1.29 is 21.6 Å². The van der Waals surface area contributed by atoms with Gasteiger partial charge in [-0.1, -0.05) is 60.7 Å². The van der Waals surface area contributed by atoms with Crippen LogP contribution in [-0.4, -0.2) is 57.5 Å². The Hall–Kier alpha value is -3.05. The third-order valence-corrected chi connectivity index (χ3v) is 9.98. The zero-order valence-electron chi connectivity index (χ0n) is 20.5. The molecule has 0 unspecified atom stereocenters. The number of carbonyl (C=O) groups is 1. The molecular weight excluding hydrogens is 510 g/mol. The summed E-state index contributed by atoms with van der Waals surface area (Å²) in [7, 11) is -7.35. The molecule has 0 aromatic heterocycles. The van der Waals surface area contributed by atoms with Crippen LogP contribution in [0, 0.1) is 0 Å². The third kappa shape index (κ3) is 6.84. The Bertz CT molecular complexity index is 1390. The van der Waals surface area contributed by atoms with Gasteiger partial charge in [0.15, 0.2) is 0 Å². The van der Waals surface area contributed by atoms with Gasteiger partial charge in [-0.3, -0.25) is 4.79 Å². The average Bonchev–Trinajstić information content (AvgIpc) is 3.46. The molecule has 1 aliphatic rings. The second-order valence-corrected chi connectivity index (χ2v) is 12.8. The molecule has 0 spiro atoms. The summed E-state index contributed by atoms with van der Waals surface area (Å²) < 4.78 is 54.6. The van der Waals surface area contributed by atoms with Gasteiger partial charge in [-0.05, 0) is 54.7 Å². The van der Waals surface area contributed by atoms with Gasteiger partial charge in [0.05, 0.1) is 16.3 Å². The fourth-order valence-corrected chi connectivity index (χ4v) is 7.14. The largest absolute Gasteiger partial charge is 0.355 e. The van der Waals surface area contributed by atoms with Gasteiger partial charge < -0.3 is 5.32 Å². The Morgan fingerprint density at radius 1 is 0.757 bits per heavy atom. The highest BCUT2D eigenvalue weighted by atomic mass is 32.2. The van der Waals surface area contributed by atoms with Crippen LogP contribution in [0.4, 0.5) is 0 Å². The monoisotopic (exact) mass is 541 g/mol. The van der Waals surface area contributed by atoms with E-state index in [9.17, 15) is 21.6 Å². The standard InChI is InChI=1S/C27H31N3O5S2/c31-27(28-18-17-23-13-15-26(16-14-23)36(32,33)29-19-7-8-20-29)22-30(21-24-9-3-1-4-10-24)37(34,35)25-11-5-2-6-12-25/h1-6,9-16H,7-8,17-22H2,(H,28,31). The molecule has 1 saturated heterocycles. The molecular formula is C27H31N3O5S2. The first-order valence-electron chi connectivity index (χ1n) is 12.2. The van der Waals surface area contributed by atoms with Gasteiger partial charge in [0.25, 0.3) is 0 Å². The Kier molecular flexibility index (Phi) is 8.75. The minimum atomic E-state index is -3.89. The Morgan fingerprint density at radius 3 is 1.97 bits per heavy atom. The zero-order chi connectivity index (χ0) is 26.3. The van der Waals surface area contributed by atoms with Crippen molar-refractivity contribution in [3.05, 3.63) is 96.1 Å². The van der Waals surface area contributed by atoms with Crippen molar-refractivity contribution in [1.29, 1.82) is 0 Å². The maximum Gasteiger partial charge on any atom is 0.243 e. The minimum Gasteiger partial charge on any atom is -0.355 e. The summed E-state index contributed by atoms with van der Waals surface area (Å²) in [6, 6.07) is 23.9. The van der Waals surface area contributed by atoms with E-state index in [0.717, 1.165) is 24.0 Å². The summed E-state index contributed by atoms with van der Waals surface area (Å²) >= 11 is 0. The summed E-state index contributed by atoms with van der Waals surface area (Å²) in [5.74, 6) is -0.413. The van der Waals surface area contributed by atoms with Crippen LogP contribution in [0.5, 0.6) is 0 Å². The van der Waals surface area contributed by atoms with Gasteiger partial charge in [-0.25, -0.2) is 16.8 Å². The first-order chi connectivity index (χ1) is 17.8. The molecule has 0 aliphatic carbocycles. The predicted octanol–water partition coefficient (Wildman–Crippen LogP) is 3.02. The van der Waals surface area contributed by atoms with Crippen LogP contribution in [0.2, 0.25) is 0 Å². The maximum atomic E-state index is 13.3. The number of amides is 1. The van der Waals surface area contributed by atoms with Crippen molar-refractivity contribution >= 4 is 26.0 Å². The Balaban J connectivity index is 1.37. The quantitative estimate of drug-likeness (QED) is 0.402. The van der Waals surface area contributed by atoms with Crippen LogP contribution in [0.3, 0.4) is 0 Å². The fourth-order valence-electron chi connectivity index (χ4n) is 4.22. The normalized spacial score (nSPS) is 14.6. The van der Waals surface area contributed by atoms with E-state index in [1.165, 1.54) is 20.7 Å². The lowest BCUT2D eigenvalue weighted by atomic mass is 10.1. The lowest BCUT2D eigenvalue weighted by Crippen LogP contribution is -2.40. The Morgan fingerprint density at radius 2 is 1.35 bits per heavy atom. The van der Waals surface area contributed by atoms with Crippen molar-refractivity contribution in [3.63, 3.8) is 0 Å². The van der Waals surface area contributed by atoms with Crippen molar-refractivity contribution in [3.8, 4) is 0 Å². The molecule has 3 aromatic rings. The van der Waals surface area contributed by atoms with Crippen LogP contribution >= 0.6 is 0 Å². The van der Waals surface area contributed by atoms with E-state index in [0.29, 0.717) is 26.1 Å². The molecule has 1 amide bonds. The summed E-state index contributed by atoms with van der Waals surface area (Å²) in [5, 5.41) is 2.79. The van der Waals surface area contributed by atoms with E-state index < -0.39 is 26.0 Å². The molecule has 1 fully saturated rings. The second-order valence-electron chi connectivity index (χ2n) is 8.93. The maximum absolute atomic E-state index is 13.3. The van der Waals surface area contributed by atoms with Gasteiger partial charge in [-0.15, -0.1) is 0 Å². The van der Waals surface area contributed by atoms with Crippen LogP contribution in [-0.2, 0) is 37.8 Å². The number of benzene rings is 3. The lowest BCUT2D eigenvalue weighted by molar-refractivity contribution is -0.121. The van der Waals surface area contributed by atoms with E-state index in [1.807, 2.05) is 30.3 Å². The fraction of sp³-hybridized carbons (Fsp3) is 0.296. The SMILES string of the molecule is O=C(CN(Cc1ccccc1)S(=O)(=O)c1ccccc1)NCCc1ccc(S(=O)(=O)N2CCCC2)cc1. The van der Waals surface area contributed by atoms with Crippen molar-refractivity contribution in [2.24, 2.45) is 0 Å². The highest BCUT2D eigenvalue weighted by molar-refractivity contribution is 7.89. The molecule has 0 radical (unpaired) electrons. The van der Waals surface area contributed by atoms with Crippen LogP contribution in [0.1, 0.15) is 24.0 Å². The molecule has 1 N–H and O–H groups in total. The number of nitrogens with one attached hydrogen (secondary N) is 1. The second kappa shape index (κ2) is 12.0. The molecule has 0 bridgehead atoms. The summed E-state index contributed by atoms with van der Waals surface area (Å²) in [5.41, 5.74) is 1.65. The molecule has 1 heterocycles. The zero-order valence-corrected chi connectivity index (χ0v) is 22.1. The smallest absolute Gasteiger partial charge is 0.243 e. The number of carbonyl (C=O) groups excluding carboxylic acids is 1. The molecule has 10 heteroatoms. The van der Waals surface area contributed by atoms with Crippen LogP contribution in [0.25, 0.3) is 0 Å². The van der Waals surface area contributed by atoms with E-state index in [1.54, 1.807) is 42.5 Å². The van der Waals surface area contributed by atoms with Gasteiger partial charge in [0.1, 0.15) is 0 Å². The minimum absolute atomic E-state index is 0.0679. The molecule has 8 nitrogen and oxygen atoms in total. The summed E-state index contributed by atoms with van der Waals surface area (Å²) in [4.78, 5) is 13.1. The van der Waals surface area contributed by atoms with E-state index in [2.05, 4.69) is 5.32 Å². The predicted molar refractivity (Wildman–Crippen MR) is 142 cm³/mol. The van der Waals surface area contributed by atoms with E-state index in [4.69, 9.17) is 0 Å². The van der Waals surface area contributed by atoms with Crippen molar-refractivity contribution in [2.45, 2.75) is 35.6 Å². The molecule has 196 valence electrons. The lowest BCUT2D eigenvalue weighted by Gasteiger charge is -2.22. The summed E-state index contributed by atoms with van der Waals surface area (Å²) in [6.45, 7) is 1.15. The average molecular weight is 542 g/mol. The highest BCUT2D eigenvalue weighted by Gasteiger charge is 2.28. The van der Waals surface area contributed by atoms with Crippen molar-refractivity contribution in [1.82, 2.24) is 13.9 Å². The molecule has 37 heavy (non-hydrogen) atoms. The number of nitrogens with zero attached hydrogens (tertiary/aromatic N) is 2. The summed E-state index contributed by atoms with van der Waals surface area (Å²) in [6.07, 6.45) is 2.25. The van der Waals surface area contributed by atoms with Gasteiger partial charge in [0.2, 0.25) is 26.0 Å². The Labute approximate surface area is 219 Å². The van der Waals surface area contributed by atoms with Crippen LogP contribution in [0.15, 0.2) is 94.7 Å². The molecule has 0 saturated carbocycles. The number of rotatable bonds is 11. The van der Waals surface area contributed by atoms with E-state index >= 15 is 0 Å². The third-order valence-electron chi connectivity index (χ3n) is 6.26. The molecule has 1 aliphatic heterocycles. The molecule has 3 aromatic carbocycles. The van der Waals surface area contributed by atoms with E-state index in [-0.39, 0.29) is 22.9 Å². The topological polar surface area (TPSA) is 104 Å². The first kappa shape index (κ1) is 27.0.